The number of nitro benzene ring substituents is 1. The molecular formula is C24H21N7O6S. The molecule has 5 N–H and O–H groups in total. The Kier molecular flexibility index (Phi) is 6.16. The first-order valence-electron chi connectivity index (χ1n) is 11.4. The van der Waals surface area contributed by atoms with E-state index in [1.165, 1.54) is 24.3 Å². The SMILES string of the molecule is CCCOc1ccc(S(=O)(=O)Nc2ccc3[nH]ncc3c2)cc1-c1nc2cc(N)c([N+](=O)[O-])cc2c(=O)[nH]1. The molecule has 38 heavy (non-hydrogen) atoms. The van der Waals surface area contributed by atoms with Crippen LogP contribution in [0.25, 0.3) is 33.2 Å². The Hall–Kier alpha value is -4.98. The molecule has 5 aromatic rings. The Morgan fingerprint density at radius 2 is 1.97 bits per heavy atom. The molecule has 194 valence electrons. The van der Waals surface area contributed by atoms with Crippen molar-refractivity contribution in [3.8, 4) is 17.1 Å². The Balaban J connectivity index is 1.61. The molecule has 3 aromatic carbocycles. The monoisotopic (exact) mass is 535 g/mol. The lowest BCUT2D eigenvalue weighted by molar-refractivity contribution is -0.383. The van der Waals surface area contributed by atoms with Crippen LogP contribution in [0, 0.1) is 10.1 Å². The van der Waals surface area contributed by atoms with E-state index in [4.69, 9.17) is 10.5 Å². The topological polar surface area (TPSA) is 199 Å². The third-order valence-electron chi connectivity index (χ3n) is 5.72. The summed E-state index contributed by atoms with van der Waals surface area (Å²) in [5, 5.41) is 18.7. The number of sulfonamides is 1. The van der Waals surface area contributed by atoms with E-state index in [2.05, 4.69) is 24.9 Å². The van der Waals surface area contributed by atoms with Gasteiger partial charge in [-0.1, -0.05) is 6.92 Å². The maximum absolute atomic E-state index is 13.3. The predicted octanol–water partition coefficient (Wildman–Crippen LogP) is 3.55. The van der Waals surface area contributed by atoms with E-state index in [9.17, 15) is 23.3 Å². The number of nitrogen functional groups attached to an aromatic ring is 1. The standard InChI is InChI=1S/C24H21N7O6S/c1-2-7-37-22-6-4-15(38(35,36)30-14-3-5-19-13(8-14)12-26-29-19)9-17(22)23-27-20-11-18(25)21(31(33)34)10-16(20)24(32)28-23/h3-6,8-12,30H,2,7,25H2,1H3,(H,26,29)(H,27,28,32). The van der Waals surface area contributed by atoms with Crippen molar-refractivity contribution in [3.05, 3.63) is 75.2 Å². The van der Waals surface area contributed by atoms with Gasteiger partial charge in [-0.15, -0.1) is 0 Å². The molecule has 2 heterocycles. The molecule has 0 aliphatic heterocycles. The number of aromatic amines is 2. The Labute approximate surface area is 214 Å². The molecular weight excluding hydrogens is 514 g/mol. The highest BCUT2D eigenvalue weighted by molar-refractivity contribution is 7.92. The van der Waals surface area contributed by atoms with Crippen LogP contribution in [0.15, 0.2) is 64.4 Å². The number of nitro groups is 1. The molecule has 0 saturated heterocycles. The number of ether oxygens (including phenoxy) is 1. The van der Waals surface area contributed by atoms with Crippen molar-refractivity contribution in [3.63, 3.8) is 0 Å². The minimum atomic E-state index is -4.06. The molecule has 0 fully saturated rings. The van der Waals surface area contributed by atoms with E-state index >= 15 is 0 Å². The van der Waals surface area contributed by atoms with E-state index in [1.807, 2.05) is 6.92 Å². The molecule has 0 aliphatic carbocycles. The second-order valence-corrected chi connectivity index (χ2v) is 10.1. The molecule has 0 spiro atoms. The lowest BCUT2D eigenvalue weighted by atomic mass is 10.1. The number of hydrogen-bond acceptors (Lipinski definition) is 9. The van der Waals surface area contributed by atoms with Crippen LogP contribution >= 0.6 is 0 Å². The highest BCUT2D eigenvalue weighted by Gasteiger charge is 2.21. The van der Waals surface area contributed by atoms with E-state index in [1.54, 1.807) is 24.4 Å². The van der Waals surface area contributed by atoms with Gasteiger partial charge in [0.25, 0.3) is 21.3 Å². The average molecular weight is 536 g/mol. The highest BCUT2D eigenvalue weighted by atomic mass is 32.2. The number of anilines is 2. The molecule has 2 aromatic heterocycles. The fourth-order valence-corrected chi connectivity index (χ4v) is 4.97. The molecule has 0 radical (unpaired) electrons. The van der Waals surface area contributed by atoms with Gasteiger partial charge in [-0.2, -0.15) is 5.10 Å². The molecule has 0 bridgehead atoms. The maximum atomic E-state index is 13.3. The Morgan fingerprint density at radius 3 is 2.74 bits per heavy atom. The maximum Gasteiger partial charge on any atom is 0.293 e. The number of benzene rings is 3. The summed E-state index contributed by atoms with van der Waals surface area (Å²) in [5.74, 6) is 0.307. The lowest BCUT2D eigenvalue weighted by Crippen LogP contribution is -2.14. The summed E-state index contributed by atoms with van der Waals surface area (Å²) < 4.78 is 34.9. The van der Waals surface area contributed by atoms with Crippen molar-refractivity contribution < 1.29 is 18.1 Å². The first kappa shape index (κ1) is 24.7. The molecule has 0 amide bonds. The van der Waals surface area contributed by atoms with E-state index in [0.717, 1.165) is 17.0 Å². The third kappa shape index (κ3) is 4.59. The summed E-state index contributed by atoms with van der Waals surface area (Å²) in [6.07, 6.45) is 2.26. The smallest absolute Gasteiger partial charge is 0.293 e. The number of nitrogens with two attached hydrogens (primary N) is 1. The van der Waals surface area contributed by atoms with Crippen LogP contribution in [0.4, 0.5) is 17.1 Å². The van der Waals surface area contributed by atoms with Gasteiger partial charge >= 0.3 is 0 Å². The van der Waals surface area contributed by atoms with E-state index in [-0.39, 0.29) is 32.9 Å². The van der Waals surface area contributed by atoms with Gasteiger partial charge in [-0.05, 0) is 48.9 Å². The molecule has 0 atom stereocenters. The third-order valence-corrected chi connectivity index (χ3v) is 7.10. The summed E-state index contributed by atoms with van der Waals surface area (Å²) in [6.45, 7) is 2.24. The van der Waals surface area contributed by atoms with Crippen molar-refractivity contribution in [2.45, 2.75) is 18.2 Å². The van der Waals surface area contributed by atoms with Gasteiger partial charge in [0.05, 0.1) is 44.6 Å². The van der Waals surface area contributed by atoms with Crippen LogP contribution < -0.4 is 20.8 Å². The predicted molar refractivity (Wildman–Crippen MR) is 142 cm³/mol. The highest BCUT2D eigenvalue weighted by Crippen LogP contribution is 2.33. The van der Waals surface area contributed by atoms with E-state index < -0.39 is 26.2 Å². The lowest BCUT2D eigenvalue weighted by Gasteiger charge is -2.14. The number of nitrogens with zero attached hydrogens (tertiary/aromatic N) is 3. The van der Waals surface area contributed by atoms with Crippen molar-refractivity contribution in [2.75, 3.05) is 17.1 Å². The molecule has 14 heteroatoms. The van der Waals surface area contributed by atoms with Crippen molar-refractivity contribution in [1.29, 1.82) is 0 Å². The number of nitrogens with one attached hydrogen (secondary N) is 3. The summed E-state index contributed by atoms with van der Waals surface area (Å²) in [4.78, 5) is 30.3. The van der Waals surface area contributed by atoms with E-state index in [0.29, 0.717) is 24.5 Å². The first-order valence-corrected chi connectivity index (χ1v) is 12.9. The summed E-state index contributed by atoms with van der Waals surface area (Å²) in [6, 6.07) is 11.4. The van der Waals surface area contributed by atoms with Crippen LogP contribution in [-0.2, 0) is 10.0 Å². The fraction of sp³-hybridized carbons (Fsp3) is 0.125. The second-order valence-electron chi connectivity index (χ2n) is 8.38. The Morgan fingerprint density at radius 1 is 1.16 bits per heavy atom. The van der Waals surface area contributed by atoms with Crippen molar-refractivity contribution in [2.24, 2.45) is 0 Å². The quantitative estimate of drug-likeness (QED) is 0.130. The van der Waals surface area contributed by atoms with Crippen molar-refractivity contribution in [1.82, 2.24) is 20.2 Å². The number of H-pyrrole nitrogens is 2. The van der Waals surface area contributed by atoms with Crippen LogP contribution in [0.2, 0.25) is 0 Å². The van der Waals surface area contributed by atoms with Crippen LogP contribution in [-0.4, -0.2) is 40.1 Å². The minimum Gasteiger partial charge on any atom is -0.493 e. The zero-order valence-electron chi connectivity index (χ0n) is 19.9. The second kappa shape index (κ2) is 9.48. The zero-order valence-corrected chi connectivity index (χ0v) is 20.7. The fourth-order valence-electron chi connectivity index (χ4n) is 3.90. The van der Waals surface area contributed by atoms with Gasteiger partial charge in [-0.25, -0.2) is 13.4 Å². The van der Waals surface area contributed by atoms with Gasteiger partial charge in [0.15, 0.2) is 0 Å². The average Bonchev–Trinajstić information content (AvgIpc) is 3.34. The van der Waals surface area contributed by atoms with Gasteiger partial charge in [0.1, 0.15) is 17.3 Å². The van der Waals surface area contributed by atoms with Crippen LogP contribution in [0.5, 0.6) is 5.75 Å². The Bertz CT molecular complexity index is 1880. The summed E-state index contributed by atoms with van der Waals surface area (Å²) in [5.41, 5.74) is 5.96. The molecule has 0 saturated carbocycles. The number of hydrogen-bond donors (Lipinski definition) is 4. The number of aromatic nitrogens is 4. The molecule has 0 unspecified atom stereocenters. The minimum absolute atomic E-state index is 0.0127. The van der Waals surface area contributed by atoms with Crippen LogP contribution in [0.3, 0.4) is 0 Å². The zero-order chi connectivity index (χ0) is 27.0. The number of fused-ring (bicyclic) bond motifs is 2. The summed E-state index contributed by atoms with van der Waals surface area (Å²) >= 11 is 0. The molecule has 5 rings (SSSR count). The van der Waals surface area contributed by atoms with Gasteiger partial charge in [0, 0.05) is 17.1 Å². The van der Waals surface area contributed by atoms with Gasteiger partial charge < -0.3 is 15.5 Å². The normalized spacial score (nSPS) is 11.6. The largest absolute Gasteiger partial charge is 0.493 e. The first-order chi connectivity index (χ1) is 18.2. The van der Waals surface area contributed by atoms with Crippen LogP contribution in [0.1, 0.15) is 13.3 Å². The summed E-state index contributed by atoms with van der Waals surface area (Å²) in [7, 11) is -4.06. The molecule has 0 aliphatic rings. The molecule has 13 nitrogen and oxygen atoms in total. The van der Waals surface area contributed by atoms with Crippen molar-refractivity contribution >= 4 is 48.9 Å². The number of rotatable bonds is 8. The van der Waals surface area contributed by atoms with Gasteiger partial charge in [-0.3, -0.25) is 24.7 Å². The van der Waals surface area contributed by atoms with Gasteiger partial charge in [0.2, 0.25) is 0 Å².